The lowest BCUT2D eigenvalue weighted by Crippen LogP contribution is -2.18. The Morgan fingerprint density at radius 1 is 1.29 bits per heavy atom. The van der Waals surface area contributed by atoms with Gasteiger partial charge in [-0.05, 0) is 37.5 Å². The second-order valence-electron chi connectivity index (χ2n) is 5.15. The van der Waals surface area contributed by atoms with Gasteiger partial charge in [-0.25, -0.2) is 0 Å². The Balaban J connectivity index is 1.52. The van der Waals surface area contributed by atoms with Crippen LogP contribution >= 0.6 is 0 Å². The largest absolute Gasteiger partial charge is 0.381 e. The summed E-state index contributed by atoms with van der Waals surface area (Å²) in [4.78, 5) is 0. The van der Waals surface area contributed by atoms with Gasteiger partial charge in [0, 0.05) is 13.2 Å². The molecule has 2 rings (SSSR count). The van der Waals surface area contributed by atoms with Gasteiger partial charge in [0.1, 0.15) is 0 Å². The fourth-order valence-electron chi connectivity index (χ4n) is 2.21. The second kappa shape index (κ2) is 4.63. The van der Waals surface area contributed by atoms with Crippen LogP contribution in [-0.4, -0.2) is 25.4 Å². The number of fused-ring (bicyclic) bond motifs is 1. The standard InChI is InChI=1S/C12H22O2/c1-9(2)5-6-13-8-10-3-4-11-12(7-10)14-11/h9-12H,3-8H2,1-2H3. The summed E-state index contributed by atoms with van der Waals surface area (Å²) in [6, 6.07) is 0. The zero-order valence-corrected chi connectivity index (χ0v) is 9.37. The van der Waals surface area contributed by atoms with E-state index in [9.17, 15) is 0 Å². The molecule has 1 aliphatic heterocycles. The molecule has 0 radical (unpaired) electrons. The maximum Gasteiger partial charge on any atom is 0.0845 e. The minimum absolute atomic E-state index is 0.599. The summed E-state index contributed by atoms with van der Waals surface area (Å²) in [5.74, 6) is 1.53. The van der Waals surface area contributed by atoms with Crippen molar-refractivity contribution in [3.05, 3.63) is 0 Å². The summed E-state index contributed by atoms with van der Waals surface area (Å²) in [5, 5.41) is 0. The van der Waals surface area contributed by atoms with Crippen molar-refractivity contribution in [2.24, 2.45) is 11.8 Å². The van der Waals surface area contributed by atoms with Crippen molar-refractivity contribution in [3.8, 4) is 0 Å². The van der Waals surface area contributed by atoms with Crippen molar-refractivity contribution in [1.29, 1.82) is 0 Å². The van der Waals surface area contributed by atoms with Gasteiger partial charge in [0.25, 0.3) is 0 Å². The molecule has 0 amide bonds. The fraction of sp³-hybridized carbons (Fsp3) is 1.00. The lowest BCUT2D eigenvalue weighted by molar-refractivity contribution is 0.0808. The first-order valence-electron chi connectivity index (χ1n) is 5.99. The third-order valence-electron chi connectivity index (χ3n) is 3.31. The number of hydrogen-bond acceptors (Lipinski definition) is 2. The van der Waals surface area contributed by atoms with Crippen molar-refractivity contribution in [2.75, 3.05) is 13.2 Å². The minimum Gasteiger partial charge on any atom is -0.381 e. The van der Waals surface area contributed by atoms with Crippen LogP contribution in [0.25, 0.3) is 0 Å². The third kappa shape index (κ3) is 2.96. The molecule has 2 aliphatic rings. The van der Waals surface area contributed by atoms with E-state index in [0.717, 1.165) is 25.0 Å². The molecule has 82 valence electrons. The Morgan fingerprint density at radius 2 is 2.14 bits per heavy atom. The van der Waals surface area contributed by atoms with E-state index < -0.39 is 0 Å². The highest BCUT2D eigenvalue weighted by Crippen LogP contribution is 2.39. The van der Waals surface area contributed by atoms with E-state index in [1.54, 1.807) is 0 Å². The maximum absolute atomic E-state index is 5.70. The van der Waals surface area contributed by atoms with Crippen LogP contribution in [0.2, 0.25) is 0 Å². The molecule has 1 heterocycles. The molecule has 3 atom stereocenters. The predicted octanol–water partition coefficient (Wildman–Crippen LogP) is 2.62. The molecule has 2 fully saturated rings. The molecule has 0 bridgehead atoms. The smallest absolute Gasteiger partial charge is 0.0845 e. The molecule has 0 aromatic rings. The zero-order valence-electron chi connectivity index (χ0n) is 9.37. The van der Waals surface area contributed by atoms with Crippen LogP contribution in [-0.2, 0) is 9.47 Å². The molecule has 14 heavy (non-hydrogen) atoms. The highest BCUT2D eigenvalue weighted by Gasteiger charge is 2.43. The summed E-state index contributed by atoms with van der Waals surface area (Å²) >= 11 is 0. The van der Waals surface area contributed by atoms with Crippen molar-refractivity contribution in [2.45, 2.75) is 51.7 Å². The molecular weight excluding hydrogens is 176 g/mol. The van der Waals surface area contributed by atoms with E-state index in [1.165, 1.54) is 25.7 Å². The highest BCUT2D eigenvalue weighted by atomic mass is 16.6. The van der Waals surface area contributed by atoms with E-state index in [4.69, 9.17) is 9.47 Å². The van der Waals surface area contributed by atoms with Crippen LogP contribution in [0.5, 0.6) is 0 Å². The summed E-state index contributed by atoms with van der Waals surface area (Å²) in [6.45, 7) is 6.38. The van der Waals surface area contributed by atoms with Crippen LogP contribution in [0.4, 0.5) is 0 Å². The molecule has 3 unspecified atom stereocenters. The van der Waals surface area contributed by atoms with Gasteiger partial charge in [-0.1, -0.05) is 13.8 Å². The lowest BCUT2D eigenvalue weighted by Gasteiger charge is -2.18. The maximum atomic E-state index is 5.70. The lowest BCUT2D eigenvalue weighted by atomic mass is 9.90. The molecule has 2 nitrogen and oxygen atoms in total. The van der Waals surface area contributed by atoms with Crippen LogP contribution in [0, 0.1) is 11.8 Å². The second-order valence-corrected chi connectivity index (χ2v) is 5.15. The molecule has 0 aromatic heterocycles. The first kappa shape index (κ1) is 10.4. The van der Waals surface area contributed by atoms with Gasteiger partial charge < -0.3 is 9.47 Å². The molecular formula is C12H22O2. The zero-order chi connectivity index (χ0) is 9.97. The van der Waals surface area contributed by atoms with Crippen LogP contribution in [0.3, 0.4) is 0 Å². The van der Waals surface area contributed by atoms with Gasteiger partial charge in [0.15, 0.2) is 0 Å². The van der Waals surface area contributed by atoms with Crippen LogP contribution in [0.15, 0.2) is 0 Å². The summed E-state index contributed by atoms with van der Waals surface area (Å²) in [5.41, 5.74) is 0. The van der Waals surface area contributed by atoms with Crippen molar-refractivity contribution in [1.82, 2.24) is 0 Å². The number of hydrogen-bond donors (Lipinski definition) is 0. The van der Waals surface area contributed by atoms with E-state index in [1.807, 2.05) is 0 Å². The summed E-state index contributed by atoms with van der Waals surface area (Å²) in [7, 11) is 0. The SMILES string of the molecule is CC(C)CCOCC1CCC2OC2C1. The molecule has 1 saturated heterocycles. The topological polar surface area (TPSA) is 21.8 Å². The number of rotatable bonds is 5. The Kier molecular flexibility index (Phi) is 3.45. The normalized spacial score (nSPS) is 35.8. The first-order chi connectivity index (χ1) is 6.75. The van der Waals surface area contributed by atoms with Crippen LogP contribution in [0.1, 0.15) is 39.5 Å². The van der Waals surface area contributed by atoms with Crippen LogP contribution < -0.4 is 0 Å². The van der Waals surface area contributed by atoms with Gasteiger partial charge in [0.2, 0.25) is 0 Å². The van der Waals surface area contributed by atoms with Crippen molar-refractivity contribution in [3.63, 3.8) is 0 Å². The van der Waals surface area contributed by atoms with Crippen molar-refractivity contribution >= 4 is 0 Å². The van der Waals surface area contributed by atoms with E-state index in [2.05, 4.69) is 13.8 Å². The number of epoxide rings is 1. The van der Waals surface area contributed by atoms with E-state index in [0.29, 0.717) is 12.2 Å². The van der Waals surface area contributed by atoms with E-state index >= 15 is 0 Å². The van der Waals surface area contributed by atoms with Gasteiger partial charge in [-0.2, -0.15) is 0 Å². The Bertz CT molecular complexity index is 179. The average molecular weight is 198 g/mol. The molecule has 2 heteroatoms. The van der Waals surface area contributed by atoms with Gasteiger partial charge in [0.05, 0.1) is 12.2 Å². The van der Waals surface area contributed by atoms with Gasteiger partial charge in [-0.3, -0.25) is 0 Å². The molecule has 1 saturated carbocycles. The molecule has 0 N–H and O–H groups in total. The fourth-order valence-corrected chi connectivity index (χ4v) is 2.21. The Hall–Kier alpha value is -0.0800. The summed E-state index contributed by atoms with van der Waals surface area (Å²) < 4.78 is 11.2. The first-order valence-corrected chi connectivity index (χ1v) is 5.99. The monoisotopic (exact) mass is 198 g/mol. The quantitative estimate of drug-likeness (QED) is 0.500. The average Bonchev–Trinajstić information content (AvgIpc) is 2.90. The van der Waals surface area contributed by atoms with Crippen molar-refractivity contribution < 1.29 is 9.47 Å². The number of ether oxygens (including phenoxy) is 2. The van der Waals surface area contributed by atoms with E-state index in [-0.39, 0.29) is 0 Å². The summed E-state index contributed by atoms with van der Waals surface area (Å²) in [6.07, 6.45) is 6.23. The molecule has 1 aliphatic carbocycles. The minimum atomic E-state index is 0.599. The predicted molar refractivity (Wildman–Crippen MR) is 56.3 cm³/mol. The molecule has 0 aromatic carbocycles. The molecule has 0 spiro atoms. The van der Waals surface area contributed by atoms with Gasteiger partial charge in [-0.15, -0.1) is 0 Å². The van der Waals surface area contributed by atoms with Gasteiger partial charge >= 0.3 is 0 Å². The Labute approximate surface area is 87.0 Å². The third-order valence-corrected chi connectivity index (χ3v) is 3.31. The Morgan fingerprint density at radius 3 is 2.86 bits per heavy atom. The highest BCUT2D eigenvalue weighted by molar-refractivity contribution is 4.91.